The lowest BCUT2D eigenvalue weighted by Crippen LogP contribution is -2.08. The summed E-state index contributed by atoms with van der Waals surface area (Å²) >= 11 is 0. The first-order valence-corrected chi connectivity index (χ1v) is 4.45. The van der Waals surface area contributed by atoms with Crippen LogP contribution in [0.5, 0.6) is 0 Å². The molecule has 0 fully saturated rings. The van der Waals surface area contributed by atoms with Gasteiger partial charge in [-0.1, -0.05) is 17.2 Å². The Bertz CT molecular complexity index is 303. The molecule has 0 aliphatic rings. The number of hydrogen-bond donors (Lipinski definition) is 1. The Labute approximate surface area is 90.9 Å². The fourth-order valence-electron chi connectivity index (χ4n) is 1.41. The fourth-order valence-corrected chi connectivity index (χ4v) is 1.41. The predicted octanol–water partition coefficient (Wildman–Crippen LogP) is 2.26. The van der Waals surface area contributed by atoms with E-state index in [1.165, 1.54) is 0 Å². The second kappa shape index (κ2) is 5.78. The number of rotatable bonds is 3. The van der Waals surface area contributed by atoms with E-state index in [9.17, 15) is 4.79 Å². The summed E-state index contributed by atoms with van der Waals surface area (Å²) in [5, 5.41) is 0. The number of nitrogens with two attached hydrogens (primary N) is 1. The number of carbonyl (C=O) groups excluding carboxylic acids is 1. The van der Waals surface area contributed by atoms with Crippen molar-refractivity contribution < 1.29 is 4.79 Å². The fraction of sp³-hybridized carbons (Fsp3) is 0.364. The van der Waals surface area contributed by atoms with E-state index >= 15 is 0 Å². The Morgan fingerprint density at radius 2 is 1.71 bits per heavy atom. The zero-order valence-corrected chi connectivity index (χ0v) is 9.36. The smallest absolute Gasteiger partial charge is 0.164 e. The molecule has 2 N–H and O–H groups in total. The molecule has 3 heteroatoms. The minimum Gasteiger partial charge on any atom is -0.330 e. The van der Waals surface area contributed by atoms with Gasteiger partial charge in [-0.15, -0.1) is 12.4 Å². The summed E-state index contributed by atoms with van der Waals surface area (Å²) < 4.78 is 0. The summed E-state index contributed by atoms with van der Waals surface area (Å²) in [6.45, 7) is 4.41. The lowest BCUT2D eigenvalue weighted by atomic mass is 10.0. The van der Waals surface area contributed by atoms with Gasteiger partial charge in [0.05, 0.1) is 0 Å². The summed E-state index contributed by atoms with van der Waals surface area (Å²) in [5.41, 5.74) is 8.35. The Kier molecular flexibility index (Phi) is 5.43. The Hall–Kier alpha value is -0.860. The Morgan fingerprint density at radius 1 is 1.21 bits per heavy atom. The zero-order chi connectivity index (χ0) is 9.84. The van der Waals surface area contributed by atoms with Crippen LogP contribution < -0.4 is 5.73 Å². The molecule has 0 heterocycles. The molecule has 0 bridgehead atoms. The van der Waals surface area contributed by atoms with Crippen LogP contribution in [0, 0.1) is 13.8 Å². The van der Waals surface area contributed by atoms with Crippen molar-refractivity contribution in [3.63, 3.8) is 0 Å². The second-order valence-corrected chi connectivity index (χ2v) is 3.34. The van der Waals surface area contributed by atoms with Crippen LogP contribution in [-0.2, 0) is 0 Å². The molecule has 0 atom stereocenters. The molecular formula is C11H16ClNO. The lowest BCUT2D eigenvalue weighted by molar-refractivity contribution is 0.0985. The average Bonchev–Trinajstić information content (AvgIpc) is 2.03. The van der Waals surface area contributed by atoms with E-state index in [0.29, 0.717) is 13.0 Å². The van der Waals surface area contributed by atoms with E-state index in [4.69, 9.17) is 5.73 Å². The molecule has 0 spiro atoms. The van der Waals surface area contributed by atoms with Gasteiger partial charge in [-0.05, 0) is 32.5 Å². The van der Waals surface area contributed by atoms with Gasteiger partial charge < -0.3 is 5.73 Å². The minimum absolute atomic E-state index is 0. The molecule has 14 heavy (non-hydrogen) atoms. The van der Waals surface area contributed by atoms with Gasteiger partial charge in [0.25, 0.3) is 0 Å². The van der Waals surface area contributed by atoms with E-state index in [2.05, 4.69) is 6.07 Å². The van der Waals surface area contributed by atoms with E-state index in [1.807, 2.05) is 26.0 Å². The molecule has 0 aliphatic heterocycles. The standard InChI is InChI=1S/C11H15NO.ClH/c1-8-5-9(2)7-10(6-8)11(13)3-4-12;/h5-7H,3-4,12H2,1-2H3;1H. The number of carbonyl (C=O) groups is 1. The van der Waals surface area contributed by atoms with Gasteiger partial charge in [0.1, 0.15) is 0 Å². The van der Waals surface area contributed by atoms with Gasteiger partial charge in [0.2, 0.25) is 0 Å². The number of Topliss-reactive ketones (excluding diaryl/α,β-unsaturated/α-hetero) is 1. The normalized spacial score (nSPS) is 9.36. The number of hydrogen-bond acceptors (Lipinski definition) is 2. The van der Waals surface area contributed by atoms with Gasteiger partial charge >= 0.3 is 0 Å². The zero-order valence-electron chi connectivity index (χ0n) is 8.54. The first-order valence-electron chi connectivity index (χ1n) is 4.45. The van der Waals surface area contributed by atoms with Gasteiger partial charge in [-0.2, -0.15) is 0 Å². The molecule has 0 unspecified atom stereocenters. The van der Waals surface area contributed by atoms with E-state index in [-0.39, 0.29) is 18.2 Å². The van der Waals surface area contributed by atoms with Crippen molar-refractivity contribution in [3.05, 3.63) is 34.9 Å². The van der Waals surface area contributed by atoms with Crippen molar-refractivity contribution in [3.8, 4) is 0 Å². The second-order valence-electron chi connectivity index (χ2n) is 3.34. The van der Waals surface area contributed by atoms with Crippen LogP contribution in [0.1, 0.15) is 27.9 Å². The molecule has 1 aromatic carbocycles. The summed E-state index contributed by atoms with van der Waals surface area (Å²) in [4.78, 5) is 11.5. The molecule has 0 saturated carbocycles. The highest BCUT2D eigenvalue weighted by atomic mass is 35.5. The highest BCUT2D eigenvalue weighted by Gasteiger charge is 2.04. The highest BCUT2D eigenvalue weighted by molar-refractivity contribution is 5.96. The summed E-state index contributed by atoms with van der Waals surface area (Å²) in [7, 11) is 0. The molecule has 0 saturated heterocycles. The van der Waals surface area contributed by atoms with Gasteiger partial charge in [-0.3, -0.25) is 4.79 Å². The number of ketones is 1. The topological polar surface area (TPSA) is 43.1 Å². The van der Waals surface area contributed by atoms with Crippen LogP contribution in [0.25, 0.3) is 0 Å². The van der Waals surface area contributed by atoms with Crippen molar-refractivity contribution in [2.45, 2.75) is 20.3 Å². The third-order valence-electron chi connectivity index (χ3n) is 1.92. The van der Waals surface area contributed by atoms with Crippen LogP contribution in [0.3, 0.4) is 0 Å². The maximum absolute atomic E-state index is 11.5. The molecule has 1 aromatic rings. The van der Waals surface area contributed by atoms with Crippen LogP contribution in [0.4, 0.5) is 0 Å². The first-order chi connectivity index (χ1) is 6.13. The summed E-state index contributed by atoms with van der Waals surface area (Å²) in [6.07, 6.45) is 0.433. The van der Waals surface area contributed by atoms with Crippen LogP contribution >= 0.6 is 12.4 Å². The Balaban J connectivity index is 0.00000169. The van der Waals surface area contributed by atoms with Crippen LogP contribution in [-0.4, -0.2) is 12.3 Å². The van der Waals surface area contributed by atoms with E-state index in [1.54, 1.807) is 0 Å². The first kappa shape index (κ1) is 13.1. The van der Waals surface area contributed by atoms with E-state index < -0.39 is 0 Å². The number of halogens is 1. The Morgan fingerprint density at radius 3 is 2.14 bits per heavy atom. The van der Waals surface area contributed by atoms with Crippen LogP contribution in [0.15, 0.2) is 18.2 Å². The van der Waals surface area contributed by atoms with Crippen molar-refractivity contribution in [2.75, 3.05) is 6.54 Å². The third-order valence-corrected chi connectivity index (χ3v) is 1.92. The highest BCUT2D eigenvalue weighted by Crippen LogP contribution is 2.10. The van der Waals surface area contributed by atoms with Crippen molar-refractivity contribution in [1.82, 2.24) is 0 Å². The number of benzene rings is 1. The lowest BCUT2D eigenvalue weighted by Gasteiger charge is -2.02. The summed E-state index contributed by atoms with van der Waals surface area (Å²) in [5.74, 6) is 0.134. The molecule has 1 rings (SSSR count). The number of aryl methyl sites for hydroxylation is 2. The molecular weight excluding hydrogens is 198 g/mol. The maximum Gasteiger partial charge on any atom is 0.164 e. The van der Waals surface area contributed by atoms with Crippen LogP contribution in [0.2, 0.25) is 0 Å². The van der Waals surface area contributed by atoms with Gasteiger partial charge in [0.15, 0.2) is 5.78 Å². The molecule has 0 aromatic heterocycles. The molecule has 0 aliphatic carbocycles. The minimum atomic E-state index is 0. The molecule has 78 valence electrons. The van der Waals surface area contributed by atoms with Crippen molar-refractivity contribution >= 4 is 18.2 Å². The average molecular weight is 214 g/mol. The molecule has 2 nitrogen and oxygen atoms in total. The third kappa shape index (κ3) is 3.48. The monoisotopic (exact) mass is 213 g/mol. The quantitative estimate of drug-likeness (QED) is 0.783. The van der Waals surface area contributed by atoms with Crippen molar-refractivity contribution in [2.24, 2.45) is 5.73 Å². The van der Waals surface area contributed by atoms with Gasteiger partial charge in [0, 0.05) is 12.0 Å². The molecule has 0 radical (unpaired) electrons. The predicted molar refractivity (Wildman–Crippen MR) is 61.2 cm³/mol. The largest absolute Gasteiger partial charge is 0.330 e. The van der Waals surface area contributed by atoms with E-state index in [0.717, 1.165) is 16.7 Å². The molecule has 0 amide bonds. The summed E-state index contributed by atoms with van der Waals surface area (Å²) in [6, 6.07) is 5.87. The van der Waals surface area contributed by atoms with Gasteiger partial charge in [-0.25, -0.2) is 0 Å². The SMILES string of the molecule is Cc1cc(C)cc(C(=O)CCN)c1.Cl. The maximum atomic E-state index is 11.5. The van der Waals surface area contributed by atoms with Crippen molar-refractivity contribution in [1.29, 1.82) is 0 Å².